The van der Waals surface area contributed by atoms with Crippen LogP contribution in [0.25, 0.3) is 0 Å². The standard InChI is InChI=1S/C11H14FNO/c1-10(2,12)8-3-6-13-9(7-8)11(14)4-5-11/h3,6-7,14H,4-5H2,1-2H3. The molecular weight excluding hydrogens is 181 g/mol. The average Bonchev–Trinajstić information content (AvgIpc) is 2.84. The van der Waals surface area contributed by atoms with Crippen LogP contribution in [0.3, 0.4) is 0 Å². The fraction of sp³-hybridized carbons (Fsp3) is 0.545. The molecule has 0 unspecified atom stereocenters. The maximum atomic E-state index is 13.6. The second-order valence-electron chi connectivity index (χ2n) is 4.43. The molecule has 1 fully saturated rings. The fourth-order valence-electron chi connectivity index (χ4n) is 1.43. The summed E-state index contributed by atoms with van der Waals surface area (Å²) in [6.07, 6.45) is 3.02. The molecule has 3 heteroatoms. The van der Waals surface area contributed by atoms with Gasteiger partial charge >= 0.3 is 0 Å². The topological polar surface area (TPSA) is 33.1 Å². The Kier molecular flexibility index (Phi) is 1.89. The van der Waals surface area contributed by atoms with E-state index < -0.39 is 11.3 Å². The Hall–Kier alpha value is -0.960. The van der Waals surface area contributed by atoms with Crippen LogP contribution in [0, 0.1) is 0 Å². The molecule has 1 aromatic rings. The van der Waals surface area contributed by atoms with Gasteiger partial charge in [0.05, 0.1) is 5.69 Å². The van der Waals surface area contributed by atoms with E-state index in [1.165, 1.54) is 13.8 Å². The number of halogens is 1. The van der Waals surface area contributed by atoms with Crippen molar-refractivity contribution >= 4 is 0 Å². The molecule has 1 aliphatic carbocycles. The minimum atomic E-state index is -1.37. The zero-order valence-corrected chi connectivity index (χ0v) is 8.42. The first-order chi connectivity index (χ1) is 6.42. The summed E-state index contributed by atoms with van der Waals surface area (Å²) in [5.74, 6) is 0. The zero-order valence-electron chi connectivity index (χ0n) is 8.42. The van der Waals surface area contributed by atoms with Crippen LogP contribution < -0.4 is 0 Å². The predicted molar refractivity (Wildman–Crippen MR) is 51.5 cm³/mol. The largest absolute Gasteiger partial charge is 0.384 e. The molecule has 0 spiro atoms. The summed E-state index contributed by atoms with van der Waals surface area (Å²) in [6.45, 7) is 3.01. The highest BCUT2D eigenvalue weighted by molar-refractivity contribution is 5.28. The first-order valence-electron chi connectivity index (χ1n) is 4.80. The SMILES string of the molecule is CC(C)(F)c1ccnc(C2(O)CC2)c1. The van der Waals surface area contributed by atoms with Crippen molar-refractivity contribution in [1.29, 1.82) is 0 Å². The molecule has 2 rings (SSSR count). The van der Waals surface area contributed by atoms with E-state index in [4.69, 9.17) is 0 Å². The summed E-state index contributed by atoms with van der Waals surface area (Å²) in [7, 11) is 0. The lowest BCUT2D eigenvalue weighted by atomic mass is 9.99. The number of pyridine rings is 1. The lowest BCUT2D eigenvalue weighted by molar-refractivity contribution is 0.145. The first-order valence-corrected chi connectivity index (χ1v) is 4.80. The number of rotatable bonds is 2. The molecule has 0 saturated heterocycles. The Morgan fingerprint density at radius 2 is 2.14 bits per heavy atom. The van der Waals surface area contributed by atoms with E-state index >= 15 is 0 Å². The van der Waals surface area contributed by atoms with Gasteiger partial charge in [0.1, 0.15) is 11.3 Å². The van der Waals surface area contributed by atoms with E-state index in [0.29, 0.717) is 11.3 Å². The van der Waals surface area contributed by atoms with E-state index in [1.807, 2.05) is 0 Å². The molecule has 76 valence electrons. The van der Waals surface area contributed by atoms with Crippen molar-refractivity contribution in [2.45, 2.75) is 38.0 Å². The fourth-order valence-corrected chi connectivity index (χ4v) is 1.43. The van der Waals surface area contributed by atoms with Gasteiger partial charge < -0.3 is 5.11 Å². The highest BCUT2D eigenvalue weighted by atomic mass is 19.1. The van der Waals surface area contributed by atoms with Crippen molar-refractivity contribution in [3.63, 3.8) is 0 Å². The molecule has 0 bridgehead atoms. The van der Waals surface area contributed by atoms with Crippen LogP contribution in [0.1, 0.15) is 37.9 Å². The van der Waals surface area contributed by atoms with E-state index in [-0.39, 0.29) is 0 Å². The molecule has 0 amide bonds. The number of hydrogen-bond acceptors (Lipinski definition) is 2. The molecule has 14 heavy (non-hydrogen) atoms. The number of aromatic nitrogens is 1. The summed E-state index contributed by atoms with van der Waals surface area (Å²) in [4.78, 5) is 4.07. The van der Waals surface area contributed by atoms with E-state index in [1.54, 1.807) is 18.3 Å². The van der Waals surface area contributed by atoms with Crippen LogP contribution in [0.2, 0.25) is 0 Å². The maximum absolute atomic E-state index is 13.6. The Morgan fingerprint density at radius 1 is 1.50 bits per heavy atom. The van der Waals surface area contributed by atoms with Crippen molar-refractivity contribution < 1.29 is 9.50 Å². The molecular formula is C11H14FNO. The molecule has 0 radical (unpaired) electrons. The van der Waals surface area contributed by atoms with E-state index in [2.05, 4.69) is 4.98 Å². The maximum Gasteiger partial charge on any atom is 0.130 e. The van der Waals surface area contributed by atoms with Gasteiger partial charge in [-0.1, -0.05) is 0 Å². The van der Waals surface area contributed by atoms with Gasteiger partial charge in [0.25, 0.3) is 0 Å². The molecule has 1 aliphatic rings. The van der Waals surface area contributed by atoms with Crippen molar-refractivity contribution in [2.75, 3.05) is 0 Å². The smallest absolute Gasteiger partial charge is 0.130 e. The van der Waals surface area contributed by atoms with Gasteiger partial charge in [-0.2, -0.15) is 0 Å². The number of hydrogen-bond donors (Lipinski definition) is 1. The summed E-state index contributed by atoms with van der Waals surface area (Å²) in [6, 6.07) is 3.31. The number of nitrogens with zero attached hydrogens (tertiary/aromatic N) is 1. The third kappa shape index (κ3) is 1.64. The highest BCUT2D eigenvalue weighted by Gasteiger charge is 2.44. The van der Waals surface area contributed by atoms with Crippen LogP contribution in [0.5, 0.6) is 0 Å². The summed E-state index contributed by atoms with van der Waals surface area (Å²) >= 11 is 0. The monoisotopic (exact) mass is 195 g/mol. The highest BCUT2D eigenvalue weighted by Crippen LogP contribution is 2.44. The molecule has 1 aromatic heterocycles. The normalized spacial score (nSPS) is 19.4. The molecule has 1 N–H and O–H groups in total. The van der Waals surface area contributed by atoms with Gasteiger partial charge in [-0.05, 0) is 44.4 Å². The Labute approximate surface area is 82.8 Å². The van der Waals surface area contributed by atoms with Gasteiger partial charge in [0, 0.05) is 6.20 Å². The second-order valence-corrected chi connectivity index (χ2v) is 4.43. The minimum absolute atomic E-state index is 0.572. The quantitative estimate of drug-likeness (QED) is 0.785. The van der Waals surface area contributed by atoms with Gasteiger partial charge in [-0.25, -0.2) is 4.39 Å². The number of aliphatic hydroxyl groups is 1. The van der Waals surface area contributed by atoms with Crippen LogP contribution in [0.4, 0.5) is 4.39 Å². The number of alkyl halides is 1. The zero-order chi connectivity index (χ0) is 10.4. The summed E-state index contributed by atoms with van der Waals surface area (Å²) in [5, 5.41) is 9.81. The van der Waals surface area contributed by atoms with Gasteiger partial charge in [0.2, 0.25) is 0 Å². The molecule has 0 aromatic carbocycles. The molecule has 0 atom stereocenters. The van der Waals surface area contributed by atoms with Crippen LogP contribution in [0.15, 0.2) is 18.3 Å². The summed E-state index contributed by atoms with van der Waals surface area (Å²) in [5.41, 5.74) is -0.979. The molecule has 1 heterocycles. The van der Waals surface area contributed by atoms with Crippen LogP contribution >= 0.6 is 0 Å². The van der Waals surface area contributed by atoms with Gasteiger partial charge in [-0.15, -0.1) is 0 Å². The Balaban J connectivity index is 2.37. The Morgan fingerprint density at radius 3 is 2.64 bits per heavy atom. The van der Waals surface area contributed by atoms with E-state index in [9.17, 15) is 9.50 Å². The first kappa shape index (κ1) is 9.59. The van der Waals surface area contributed by atoms with Crippen molar-refractivity contribution in [3.05, 3.63) is 29.6 Å². The third-order valence-corrected chi connectivity index (χ3v) is 2.65. The predicted octanol–water partition coefficient (Wildman–Crippen LogP) is 2.27. The van der Waals surface area contributed by atoms with Crippen LogP contribution in [-0.2, 0) is 11.3 Å². The van der Waals surface area contributed by atoms with Crippen molar-refractivity contribution in [3.8, 4) is 0 Å². The lowest BCUT2D eigenvalue weighted by Crippen LogP contribution is -2.13. The molecule has 1 saturated carbocycles. The third-order valence-electron chi connectivity index (χ3n) is 2.65. The Bertz CT molecular complexity index is 332. The van der Waals surface area contributed by atoms with E-state index in [0.717, 1.165) is 12.8 Å². The lowest BCUT2D eigenvalue weighted by Gasteiger charge is -2.16. The molecule has 0 aliphatic heterocycles. The average molecular weight is 195 g/mol. The van der Waals surface area contributed by atoms with Gasteiger partial charge in [0.15, 0.2) is 0 Å². The van der Waals surface area contributed by atoms with Gasteiger partial charge in [-0.3, -0.25) is 4.98 Å². The van der Waals surface area contributed by atoms with Crippen molar-refractivity contribution in [1.82, 2.24) is 4.98 Å². The minimum Gasteiger partial charge on any atom is -0.384 e. The van der Waals surface area contributed by atoms with Crippen LogP contribution in [-0.4, -0.2) is 10.1 Å². The molecule has 2 nitrogen and oxygen atoms in total. The summed E-state index contributed by atoms with van der Waals surface area (Å²) < 4.78 is 13.6. The second kappa shape index (κ2) is 2.76. The van der Waals surface area contributed by atoms with Crippen molar-refractivity contribution in [2.24, 2.45) is 0 Å².